The number of halogens is 1. The topological polar surface area (TPSA) is 40.6 Å². The van der Waals surface area contributed by atoms with E-state index >= 15 is 0 Å². The first-order valence-electron chi connectivity index (χ1n) is 8.47. The maximum atomic E-state index is 14.6. The van der Waals surface area contributed by atoms with E-state index in [1.165, 1.54) is 0 Å². The van der Waals surface area contributed by atoms with Gasteiger partial charge < -0.3 is 14.0 Å². The van der Waals surface area contributed by atoms with Gasteiger partial charge >= 0.3 is 7.12 Å². The van der Waals surface area contributed by atoms with Crippen LogP contribution in [0.15, 0.2) is 29.5 Å². The summed E-state index contributed by atoms with van der Waals surface area (Å²) in [5, 5.41) is 0. The molecule has 2 heterocycles. The second kappa shape index (κ2) is 6.15. The minimum absolute atomic E-state index is 0.265. The predicted octanol–water partition coefficient (Wildman–Crippen LogP) is 4.03. The summed E-state index contributed by atoms with van der Waals surface area (Å²) in [4.78, 5) is 4.30. The maximum absolute atomic E-state index is 14.6. The molecule has 6 heteroatoms. The number of ether oxygens (including phenoxy) is 1. The molecule has 3 rings (SSSR count). The summed E-state index contributed by atoms with van der Waals surface area (Å²) in [7, 11) is -0.884. The summed E-state index contributed by atoms with van der Waals surface area (Å²) < 4.78 is 31.8. The van der Waals surface area contributed by atoms with Gasteiger partial charge in [-0.25, -0.2) is 9.37 Å². The third kappa shape index (κ3) is 3.35. The first-order valence-corrected chi connectivity index (χ1v) is 8.47. The summed E-state index contributed by atoms with van der Waals surface area (Å²) in [6, 6.07) is 5.69. The molecule has 4 nitrogen and oxygen atoms in total. The van der Waals surface area contributed by atoms with Gasteiger partial charge in [-0.2, -0.15) is 0 Å². The molecule has 2 aliphatic rings. The summed E-state index contributed by atoms with van der Waals surface area (Å²) in [5.41, 5.74) is 0.406. The fraction of sp³-hybridized carbons (Fsp3) is 0.611. The van der Waals surface area contributed by atoms with Crippen molar-refractivity contribution in [2.45, 2.75) is 58.7 Å². The molecule has 1 aromatic heterocycles. The average Bonchev–Trinajstić information content (AvgIpc) is 2.65. The largest absolute Gasteiger partial charge is 0.525 e. The third-order valence-corrected chi connectivity index (χ3v) is 5.20. The van der Waals surface area contributed by atoms with Gasteiger partial charge in [0.25, 0.3) is 0 Å². The van der Waals surface area contributed by atoms with Gasteiger partial charge in [-0.05, 0) is 59.1 Å². The van der Waals surface area contributed by atoms with Crippen LogP contribution in [0.3, 0.4) is 0 Å². The Morgan fingerprint density at radius 2 is 1.88 bits per heavy atom. The first kappa shape index (κ1) is 17.4. The number of rotatable bonds is 4. The molecule has 2 fully saturated rings. The van der Waals surface area contributed by atoms with E-state index in [0.29, 0.717) is 31.2 Å². The van der Waals surface area contributed by atoms with Crippen molar-refractivity contribution in [2.24, 2.45) is 5.92 Å². The molecule has 1 saturated heterocycles. The van der Waals surface area contributed by atoms with Crippen molar-refractivity contribution < 1.29 is 18.4 Å². The third-order valence-electron chi connectivity index (χ3n) is 5.20. The maximum Gasteiger partial charge on any atom is 0.525 e. The van der Waals surface area contributed by atoms with E-state index in [1.54, 1.807) is 0 Å². The van der Waals surface area contributed by atoms with Gasteiger partial charge in [-0.1, -0.05) is 6.07 Å². The molecular weight excluding hydrogens is 308 g/mol. The van der Waals surface area contributed by atoms with Crippen LogP contribution >= 0.6 is 0 Å². The Hall–Kier alpha value is -1.40. The standard InChI is InChI=1S/C18H25BFNO3/c1-12-7-6-8-15(21-12)22-11-13-9-14(10-13)16(20)19-23-17(2,3)18(4,5)24-19/h6-8,13H,9-11H2,1-5H3. The molecule has 130 valence electrons. The van der Waals surface area contributed by atoms with Crippen molar-refractivity contribution in [3.63, 3.8) is 0 Å². The Balaban J connectivity index is 1.53. The summed E-state index contributed by atoms with van der Waals surface area (Å²) in [6.07, 6.45) is 1.36. The SMILES string of the molecule is Cc1cccc(OCC2CC(=C(F)B3OC(C)(C)C(C)(C)O3)C2)n1. The zero-order chi connectivity index (χ0) is 17.5. The van der Waals surface area contributed by atoms with Crippen LogP contribution in [-0.2, 0) is 9.31 Å². The fourth-order valence-electron chi connectivity index (χ4n) is 2.86. The van der Waals surface area contributed by atoms with Crippen LogP contribution in [-0.4, -0.2) is 29.9 Å². The Kier molecular flexibility index (Phi) is 4.47. The van der Waals surface area contributed by atoms with Gasteiger partial charge in [0.2, 0.25) is 5.88 Å². The highest BCUT2D eigenvalue weighted by molar-refractivity contribution is 6.53. The minimum atomic E-state index is -0.884. The monoisotopic (exact) mass is 333 g/mol. The van der Waals surface area contributed by atoms with E-state index in [2.05, 4.69) is 4.98 Å². The summed E-state index contributed by atoms with van der Waals surface area (Å²) >= 11 is 0. The lowest BCUT2D eigenvalue weighted by atomic mass is 9.73. The number of hydrogen-bond donors (Lipinski definition) is 0. The van der Waals surface area contributed by atoms with Crippen LogP contribution in [0.2, 0.25) is 0 Å². The van der Waals surface area contributed by atoms with E-state index in [9.17, 15) is 4.39 Å². The quantitative estimate of drug-likeness (QED) is 0.780. The van der Waals surface area contributed by atoms with Crippen LogP contribution in [0.1, 0.15) is 46.2 Å². The molecule has 0 amide bonds. The van der Waals surface area contributed by atoms with Gasteiger partial charge in [-0.15, -0.1) is 0 Å². The molecule has 1 aliphatic carbocycles. The molecule has 1 aromatic rings. The van der Waals surface area contributed by atoms with Gasteiger partial charge in [0.1, 0.15) is 5.73 Å². The van der Waals surface area contributed by atoms with Crippen LogP contribution in [0.5, 0.6) is 5.88 Å². The first-order chi connectivity index (χ1) is 11.2. The summed E-state index contributed by atoms with van der Waals surface area (Å²) in [5.74, 6) is 0.939. The lowest BCUT2D eigenvalue weighted by molar-refractivity contribution is 0.00578. The normalized spacial score (nSPS) is 24.7. The van der Waals surface area contributed by atoms with E-state index in [0.717, 1.165) is 11.3 Å². The molecule has 24 heavy (non-hydrogen) atoms. The number of pyridine rings is 1. The molecule has 1 saturated carbocycles. The Labute approximate surface area is 143 Å². The molecule has 0 bridgehead atoms. The smallest absolute Gasteiger partial charge is 0.477 e. The molecular formula is C18H25BFNO3. The van der Waals surface area contributed by atoms with Crippen molar-refractivity contribution in [3.05, 3.63) is 35.2 Å². The average molecular weight is 333 g/mol. The number of nitrogens with zero attached hydrogens (tertiary/aromatic N) is 1. The highest BCUT2D eigenvalue weighted by atomic mass is 19.1. The molecule has 0 spiro atoms. The van der Waals surface area contributed by atoms with Crippen LogP contribution in [0.4, 0.5) is 4.39 Å². The molecule has 0 aromatic carbocycles. The van der Waals surface area contributed by atoms with Gasteiger partial charge in [0.15, 0.2) is 0 Å². The van der Waals surface area contributed by atoms with Crippen molar-refractivity contribution in [3.8, 4) is 5.88 Å². The minimum Gasteiger partial charge on any atom is -0.477 e. The van der Waals surface area contributed by atoms with Crippen LogP contribution in [0, 0.1) is 12.8 Å². The molecule has 0 radical (unpaired) electrons. The number of aromatic nitrogens is 1. The van der Waals surface area contributed by atoms with Crippen molar-refractivity contribution in [1.82, 2.24) is 4.98 Å². The van der Waals surface area contributed by atoms with Gasteiger partial charge in [0, 0.05) is 17.7 Å². The van der Waals surface area contributed by atoms with Gasteiger partial charge in [0.05, 0.1) is 17.8 Å². The zero-order valence-corrected chi connectivity index (χ0v) is 15.1. The highest BCUT2D eigenvalue weighted by Crippen LogP contribution is 2.43. The van der Waals surface area contributed by atoms with E-state index in [-0.39, 0.29) is 5.73 Å². The predicted molar refractivity (Wildman–Crippen MR) is 91.4 cm³/mol. The van der Waals surface area contributed by atoms with Crippen molar-refractivity contribution in [1.29, 1.82) is 0 Å². The second-order valence-electron chi connectivity index (χ2n) is 7.74. The Bertz CT molecular complexity index is 635. The van der Waals surface area contributed by atoms with Crippen molar-refractivity contribution >= 4 is 7.12 Å². The van der Waals surface area contributed by atoms with E-state index < -0.39 is 18.3 Å². The zero-order valence-electron chi connectivity index (χ0n) is 15.1. The van der Waals surface area contributed by atoms with E-state index in [4.69, 9.17) is 14.0 Å². The fourth-order valence-corrected chi connectivity index (χ4v) is 2.86. The molecule has 0 unspecified atom stereocenters. The van der Waals surface area contributed by atoms with Crippen LogP contribution in [0.25, 0.3) is 0 Å². The lowest BCUT2D eigenvalue weighted by Gasteiger charge is -2.32. The summed E-state index contributed by atoms with van der Waals surface area (Å²) in [6.45, 7) is 10.2. The Morgan fingerprint density at radius 1 is 1.25 bits per heavy atom. The lowest BCUT2D eigenvalue weighted by Crippen LogP contribution is -2.41. The molecule has 1 aliphatic heterocycles. The molecule has 0 atom stereocenters. The van der Waals surface area contributed by atoms with Gasteiger partial charge in [-0.3, -0.25) is 0 Å². The highest BCUT2D eigenvalue weighted by Gasteiger charge is 2.54. The number of allylic oxidation sites excluding steroid dienone is 1. The Morgan fingerprint density at radius 3 is 2.46 bits per heavy atom. The van der Waals surface area contributed by atoms with E-state index in [1.807, 2.05) is 52.8 Å². The number of aryl methyl sites for hydroxylation is 1. The molecule has 0 N–H and O–H groups in total. The second-order valence-corrected chi connectivity index (χ2v) is 7.74. The van der Waals surface area contributed by atoms with Crippen molar-refractivity contribution in [2.75, 3.05) is 6.61 Å². The van der Waals surface area contributed by atoms with Crippen LogP contribution < -0.4 is 4.74 Å². The number of hydrogen-bond acceptors (Lipinski definition) is 4.